The summed E-state index contributed by atoms with van der Waals surface area (Å²) in [6.45, 7) is 6.57. The van der Waals surface area contributed by atoms with Gasteiger partial charge in [-0.15, -0.1) is 0 Å². The van der Waals surface area contributed by atoms with Gasteiger partial charge in [-0.2, -0.15) is 0 Å². The zero-order valence-electron chi connectivity index (χ0n) is 9.95. The number of carbonyl (C=O) groups excluding carboxylic acids is 1. The summed E-state index contributed by atoms with van der Waals surface area (Å²) < 4.78 is 4.74. The summed E-state index contributed by atoms with van der Waals surface area (Å²) in [7, 11) is 1.43. The monoisotopic (exact) mass is 214 g/mol. The van der Waals surface area contributed by atoms with Crippen molar-refractivity contribution in [2.45, 2.75) is 26.7 Å². The van der Waals surface area contributed by atoms with Crippen molar-refractivity contribution in [3.63, 3.8) is 0 Å². The molecule has 1 aliphatic heterocycles. The Morgan fingerprint density at radius 2 is 2.27 bits per heavy atom. The Morgan fingerprint density at radius 1 is 1.60 bits per heavy atom. The second kappa shape index (κ2) is 4.84. The minimum atomic E-state index is -0.215. The van der Waals surface area contributed by atoms with E-state index in [-0.39, 0.29) is 11.5 Å². The van der Waals surface area contributed by atoms with Gasteiger partial charge in [-0.3, -0.25) is 0 Å². The molecule has 1 rings (SSSR count). The maximum absolute atomic E-state index is 11.4. The van der Waals surface area contributed by atoms with Crippen molar-refractivity contribution >= 4 is 6.09 Å². The highest BCUT2D eigenvalue weighted by Gasteiger charge is 2.33. The van der Waals surface area contributed by atoms with Gasteiger partial charge in [0.05, 0.1) is 7.11 Å². The summed E-state index contributed by atoms with van der Waals surface area (Å²) in [5, 5.41) is 0. The van der Waals surface area contributed by atoms with Crippen LogP contribution in [-0.2, 0) is 4.74 Å². The van der Waals surface area contributed by atoms with E-state index in [1.807, 2.05) is 0 Å². The van der Waals surface area contributed by atoms with Gasteiger partial charge in [-0.05, 0) is 30.7 Å². The number of ether oxygens (including phenoxy) is 1. The van der Waals surface area contributed by atoms with Crippen LogP contribution in [0.1, 0.15) is 26.7 Å². The molecule has 1 amide bonds. The van der Waals surface area contributed by atoms with E-state index in [1.54, 1.807) is 4.90 Å². The topological polar surface area (TPSA) is 55.6 Å². The normalized spacial score (nSPS) is 22.7. The van der Waals surface area contributed by atoms with Gasteiger partial charge >= 0.3 is 6.09 Å². The number of carbonyl (C=O) groups is 1. The number of hydrogen-bond donors (Lipinski definition) is 1. The smallest absolute Gasteiger partial charge is 0.409 e. The standard InChI is InChI=1S/C11H22N2O2/c1-11(2,8-12)9-5-4-6-13(7-9)10(14)15-3/h9H,4-8,12H2,1-3H3. The predicted octanol–water partition coefficient (Wildman–Crippen LogP) is 1.45. The molecule has 0 bridgehead atoms. The molecule has 4 nitrogen and oxygen atoms in total. The molecule has 0 aromatic rings. The van der Waals surface area contributed by atoms with Crippen LogP contribution in [0.3, 0.4) is 0 Å². The van der Waals surface area contributed by atoms with E-state index in [4.69, 9.17) is 10.5 Å². The fourth-order valence-electron chi connectivity index (χ4n) is 2.08. The van der Waals surface area contributed by atoms with Crippen molar-refractivity contribution in [1.82, 2.24) is 4.90 Å². The van der Waals surface area contributed by atoms with Crippen LogP contribution < -0.4 is 5.73 Å². The van der Waals surface area contributed by atoms with Gasteiger partial charge in [-0.1, -0.05) is 13.8 Å². The molecule has 1 heterocycles. The van der Waals surface area contributed by atoms with E-state index in [0.717, 1.165) is 25.9 Å². The number of amides is 1. The van der Waals surface area contributed by atoms with Gasteiger partial charge in [0.2, 0.25) is 0 Å². The number of nitrogens with two attached hydrogens (primary N) is 1. The lowest BCUT2D eigenvalue weighted by molar-refractivity contribution is 0.0716. The van der Waals surface area contributed by atoms with Crippen molar-refractivity contribution in [2.75, 3.05) is 26.7 Å². The number of rotatable bonds is 2. The minimum absolute atomic E-state index is 0.104. The fraction of sp³-hybridized carbons (Fsp3) is 0.909. The molecule has 0 aromatic heterocycles. The molecule has 1 saturated heterocycles. The van der Waals surface area contributed by atoms with Gasteiger partial charge in [0.1, 0.15) is 0 Å². The number of piperidine rings is 1. The number of methoxy groups -OCH3 is 1. The first-order valence-electron chi connectivity index (χ1n) is 5.54. The molecule has 88 valence electrons. The molecule has 1 atom stereocenters. The average molecular weight is 214 g/mol. The second-order valence-electron chi connectivity index (χ2n) is 4.95. The van der Waals surface area contributed by atoms with E-state index < -0.39 is 0 Å². The van der Waals surface area contributed by atoms with Crippen LogP contribution in [0.2, 0.25) is 0 Å². The van der Waals surface area contributed by atoms with Crippen molar-refractivity contribution < 1.29 is 9.53 Å². The van der Waals surface area contributed by atoms with Crippen molar-refractivity contribution in [2.24, 2.45) is 17.1 Å². The largest absolute Gasteiger partial charge is 0.453 e. The predicted molar refractivity (Wildman–Crippen MR) is 59.5 cm³/mol. The Labute approximate surface area is 91.8 Å². The van der Waals surface area contributed by atoms with E-state index in [9.17, 15) is 4.79 Å². The van der Waals surface area contributed by atoms with Gasteiger partial charge < -0.3 is 15.4 Å². The maximum atomic E-state index is 11.4. The molecular formula is C11H22N2O2. The lowest BCUT2D eigenvalue weighted by atomic mass is 9.75. The summed E-state index contributed by atoms with van der Waals surface area (Å²) in [5.41, 5.74) is 5.86. The third-order valence-electron chi connectivity index (χ3n) is 3.49. The van der Waals surface area contributed by atoms with Crippen LogP contribution in [0.5, 0.6) is 0 Å². The second-order valence-corrected chi connectivity index (χ2v) is 4.95. The molecule has 0 radical (unpaired) electrons. The molecule has 2 N–H and O–H groups in total. The van der Waals surface area contributed by atoms with Crippen LogP contribution in [0, 0.1) is 11.3 Å². The zero-order valence-corrected chi connectivity index (χ0v) is 9.95. The molecule has 4 heteroatoms. The van der Waals surface area contributed by atoms with Gasteiger partial charge in [0, 0.05) is 13.1 Å². The third kappa shape index (κ3) is 2.84. The Hall–Kier alpha value is -0.770. The first-order valence-corrected chi connectivity index (χ1v) is 5.54. The first kappa shape index (κ1) is 12.3. The van der Waals surface area contributed by atoms with Gasteiger partial charge in [-0.25, -0.2) is 4.79 Å². The van der Waals surface area contributed by atoms with Crippen LogP contribution in [0.25, 0.3) is 0 Å². The third-order valence-corrected chi connectivity index (χ3v) is 3.49. The van der Waals surface area contributed by atoms with Gasteiger partial charge in [0.15, 0.2) is 0 Å². The highest BCUT2D eigenvalue weighted by Crippen LogP contribution is 2.32. The van der Waals surface area contributed by atoms with Crippen molar-refractivity contribution in [3.05, 3.63) is 0 Å². The highest BCUT2D eigenvalue weighted by molar-refractivity contribution is 5.67. The number of hydrogen-bond acceptors (Lipinski definition) is 3. The van der Waals surface area contributed by atoms with Gasteiger partial charge in [0.25, 0.3) is 0 Å². The quantitative estimate of drug-likeness (QED) is 0.757. The van der Waals surface area contributed by atoms with Crippen molar-refractivity contribution in [3.8, 4) is 0 Å². The molecular weight excluding hydrogens is 192 g/mol. The summed E-state index contributed by atoms with van der Waals surface area (Å²) >= 11 is 0. The van der Waals surface area contributed by atoms with Crippen LogP contribution >= 0.6 is 0 Å². The van der Waals surface area contributed by atoms with Crippen LogP contribution in [0.15, 0.2) is 0 Å². The van der Waals surface area contributed by atoms with E-state index in [1.165, 1.54) is 7.11 Å². The maximum Gasteiger partial charge on any atom is 0.409 e. The summed E-state index contributed by atoms with van der Waals surface area (Å²) in [4.78, 5) is 13.2. The Balaban J connectivity index is 2.60. The SMILES string of the molecule is COC(=O)N1CCCC(C(C)(C)CN)C1. The summed E-state index contributed by atoms with van der Waals surface area (Å²) in [5.74, 6) is 0.482. The Bertz CT molecular complexity index is 229. The molecule has 1 aliphatic rings. The number of likely N-dealkylation sites (tertiary alicyclic amines) is 1. The van der Waals surface area contributed by atoms with E-state index in [0.29, 0.717) is 12.5 Å². The molecule has 0 spiro atoms. The molecule has 1 fully saturated rings. The van der Waals surface area contributed by atoms with E-state index >= 15 is 0 Å². The first-order chi connectivity index (χ1) is 7.01. The summed E-state index contributed by atoms with van der Waals surface area (Å²) in [6.07, 6.45) is 1.98. The van der Waals surface area contributed by atoms with Crippen LogP contribution in [-0.4, -0.2) is 37.7 Å². The highest BCUT2D eigenvalue weighted by atomic mass is 16.5. The Morgan fingerprint density at radius 3 is 2.80 bits per heavy atom. The number of nitrogens with zero attached hydrogens (tertiary/aromatic N) is 1. The fourth-order valence-corrected chi connectivity index (χ4v) is 2.08. The average Bonchev–Trinajstić information content (AvgIpc) is 2.28. The lowest BCUT2D eigenvalue weighted by Gasteiger charge is -2.40. The molecule has 0 aliphatic carbocycles. The minimum Gasteiger partial charge on any atom is -0.453 e. The lowest BCUT2D eigenvalue weighted by Crippen LogP contribution is -2.46. The van der Waals surface area contributed by atoms with E-state index in [2.05, 4.69) is 13.8 Å². The van der Waals surface area contributed by atoms with Crippen molar-refractivity contribution in [1.29, 1.82) is 0 Å². The van der Waals surface area contributed by atoms with Crippen LogP contribution in [0.4, 0.5) is 4.79 Å². The molecule has 15 heavy (non-hydrogen) atoms. The zero-order chi connectivity index (χ0) is 11.5. The Kier molecular flexibility index (Phi) is 3.97. The molecule has 0 saturated carbocycles. The molecule has 0 aromatic carbocycles. The molecule has 1 unspecified atom stereocenters. The summed E-state index contributed by atoms with van der Waals surface area (Å²) in [6, 6.07) is 0.